The van der Waals surface area contributed by atoms with Gasteiger partial charge in [-0.2, -0.15) is 11.8 Å². The van der Waals surface area contributed by atoms with Crippen LogP contribution in [0.4, 0.5) is 0 Å². The van der Waals surface area contributed by atoms with E-state index in [0.29, 0.717) is 0 Å². The SMILES string of the molecule is CSCCSc1cccc(C(C)=O)c1. The first-order valence-corrected chi connectivity index (χ1v) is 6.84. The van der Waals surface area contributed by atoms with Crippen LogP contribution < -0.4 is 0 Å². The van der Waals surface area contributed by atoms with Gasteiger partial charge in [0.1, 0.15) is 0 Å². The first-order valence-electron chi connectivity index (χ1n) is 4.47. The number of carbonyl (C=O) groups excluding carboxylic acids is 1. The van der Waals surface area contributed by atoms with E-state index >= 15 is 0 Å². The van der Waals surface area contributed by atoms with E-state index in [4.69, 9.17) is 0 Å². The summed E-state index contributed by atoms with van der Waals surface area (Å²) in [6.07, 6.45) is 2.10. The molecule has 14 heavy (non-hydrogen) atoms. The molecule has 0 aliphatic heterocycles. The van der Waals surface area contributed by atoms with Crippen molar-refractivity contribution in [3.63, 3.8) is 0 Å². The van der Waals surface area contributed by atoms with Crippen LogP contribution in [0.25, 0.3) is 0 Å². The van der Waals surface area contributed by atoms with Crippen LogP contribution in [-0.2, 0) is 0 Å². The van der Waals surface area contributed by atoms with Gasteiger partial charge in [-0.1, -0.05) is 12.1 Å². The molecule has 1 aromatic carbocycles. The van der Waals surface area contributed by atoms with E-state index in [-0.39, 0.29) is 5.78 Å². The molecule has 0 amide bonds. The zero-order valence-electron chi connectivity index (χ0n) is 8.45. The Kier molecular flexibility index (Phi) is 5.12. The predicted octanol–water partition coefficient (Wildman–Crippen LogP) is 3.34. The van der Waals surface area contributed by atoms with Crippen LogP contribution in [0.15, 0.2) is 29.2 Å². The van der Waals surface area contributed by atoms with Gasteiger partial charge in [-0.15, -0.1) is 11.8 Å². The maximum Gasteiger partial charge on any atom is 0.159 e. The van der Waals surface area contributed by atoms with Crippen LogP contribution in [0.2, 0.25) is 0 Å². The summed E-state index contributed by atoms with van der Waals surface area (Å²) in [6.45, 7) is 1.60. The fraction of sp³-hybridized carbons (Fsp3) is 0.364. The lowest BCUT2D eigenvalue weighted by Crippen LogP contribution is -1.91. The zero-order valence-corrected chi connectivity index (χ0v) is 10.1. The maximum absolute atomic E-state index is 11.1. The second-order valence-electron chi connectivity index (χ2n) is 2.93. The second-order valence-corrected chi connectivity index (χ2v) is 5.08. The number of rotatable bonds is 5. The molecule has 76 valence electrons. The quantitative estimate of drug-likeness (QED) is 0.435. The molecule has 0 unspecified atom stereocenters. The monoisotopic (exact) mass is 226 g/mol. The Balaban J connectivity index is 2.59. The molecule has 0 fully saturated rings. The average Bonchev–Trinajstić information content (AvgIpc) is 2.19. The summed E-state index contributed by atoms with van der Waals surface area (Å²) >= 11 is 3.65. The molecule has 1 nitrogen and oxygen atoms in total. The van der Waals surface area contributed by atoms with E-state index in [1.54, 1.807) is 18.7 Å². The van der Waals surface area contributed by atoms with Crippen molar-refractivity contribution in [3.05, 3.63) is 29.8 Å². The van der Waals surface area contributed by atoms with Crippen molar-refractivity contribution in [1.82, 2.24) is 0 Å². The first kappa shape index (κ1) is 11.7. The number of Topliss-reactive ketones (excluding diaryl/α,β-unsaturated/α-hetero) is 1. The molecular formula is C11H14OS2. The van der Waals surface area contributed by atoms with Gasteiger partial charge in [0.2, 0.25) is 0 Å². The van der Waals surface area contributed by atoms with Crippen LogP contribution in [-0.4, -0.2) is 23.5 Å². The number of ketones is 1. The summed E-state index contributed by atoms with van der Waals surface area (Å²) in [5, 5.41) is 0. The van der Waals surface area contributed by atoms with E-state index in [2.05, 4.69) is 12.3 Å². The van der Waals surface area contributed by atoms with Gasteiger partial charge >= 0.3 is 0 Å². The van der Waals surface area contributed by atoms with E-state index in [0.717, 1.165) is 17.1 Å². The smallest absolute Gasteiger partial charge is 0.159 e. The fourth-order valence-corrected chi connectivity index (χ4v) is 2.67. The normalized spacial score (nSPS) is 10.1. The van der Waals surface area contributed by atoms with Crippen LogP contribution in [0, 0.1) is 0 Å². The van der Waals surface area contributed by atoms with Crippen molar-refractivity contribution in [1.29, 1.82) is 0 Å². The Morgan fingerprint density at radius 1 is 1.36 bits per heavy atom. The third kappa shape index (κ3) is 3.76. The van der Waals surface area contributed by atoms with Crippen LogP contribution >= 0.6 is 23.5 Å². The van der Waals surface area contributed by atoms with E-state index < -0.39 is 0 Å². The van der Waals surface area contributed by atoms with Gasteiger partial charge in [-0.3, -0.25) is 4.79 Å². The Hall–Kier alpha value is -0.410. The number of thioether (sulfide) groups is 2. The molecule has 0 atom stereocenters. The maximum atomic E-state index is 11.1. The van der Waals surface area contributed by atoms with Crippen molar-refractivity contribution < 1.29 is 4.79 Å². The van der Waals surface area contributed by atoms with Gasteiger partial charge in [0.25, 0.3) is 0 Å². The minimum atomic E-state index is 0.136. The molecule has 0 aliphatic rings. The van der Waals surface area contributed by atoms with Gasteiger partial charge in [-0.25, -0.2) is 0 Å². The number of carbonyl (C=O) groups is 1. The summed E-state index contributed by atoms with van der Waals surface area (Å²) < 4.78 is 0. The van der Waals surface area contributed by atoms with Gasteiger partial charge in [0.15, 0.2) is 5.78 Å². The highest BCUT2D eigenvalue weighted by Crippen LogP contribution is 2.20. The molecule has 0 radical (unpaired) electrons. The standard InChI is InChI=1S/C11H14OS2/c1-9(12)10-4-3-5-11(8-10)14-7-6-13-2/h3-5,8H,6-7H2,1-2H3. The van der Waals surface area contributed by atoms with E-state index in [1.807, 2.05) is 30.0 Å². The van der Waals surface area contributed by atoms with Crippen molar-refractivity contribution in [2.75, 3.05) is 17.8 Å². The average molecular weight is 226 g/mol. The second kappa shape index (κ2) is 6.14. The lowest BCUT2D eigenvalue weighted by atomic mass is 10.2. The third-order valence-electron chi connectivity index (χ3n) is 1.80. The molecule has 0 saturated carbocycles. The summed E-state index contributed by atoms with van der Waals surface area (Å²) in [5.74, 6) is 2.38. The van der Waals surface area contributed by atoms with E-state index in [9.17, 15) is 4.79 Å². The highest BCUT2D eigenvalue weighted by atomic mass is 32.2. The predicted molar refractivity (Wildman–Crippen MR) is 65.6 cm³/mol. The fourth-order valence-electron chi connectivity index (χ4n) is 1.05. The first-order chi connectivity index (χ1) is 6.74. The highest BCUT2D eigenvalue weighted by molar-refractivity contribution is 8.02. The van der Waals surface area contributed by atoms with Crippen molar-refractivity contribution in [2.45, 2.75) is 11.8 Å². The van der Waals surface area contributed by atoms with Crippen molar-refractivity contribution >= 4 is 29.3 Å². The molecule has 0 bridgehead atoms. The Morgan fingerprint density at radius 2 is 2.14 bits per heavy atom. The molecule has 1 aromatic rings. The molecule has 0 aromatic heterocycles. The summed E-state index contributed by atoms with van der Waals surface area (Å²) in [5.41, 5.74) is 0.805. The zero-order chi connectivity index (χ0) is 10.4. The molecule has 1 rings (SSSR count). The molecule has 0 spiro atoms. The van der Waals surface area contributed by atoms with Gasteiger partial charge in [-0.05, 0) is 25.3 Å². The molecule has 0 saturated heterocycles. The van der Waals surface area contributed by atoms with Gasteiger partial charge in [0, 0.05) is 22.0 Å². The Labute approximate surface area is 93.7 Å². The molecule has 3 heteroatoms. The number of hydrogen-bond acceptors (Lipinski definition) is 3. The summed E-state index contributed by atoms with van der Waals surface area (Å²) in [4.78, 5) is 12.3. The van der Waals surface area contributed by atoms with Gasteiger partial charge < -0.3 is 0 Å². The lowest BCUT2D eigenvalue weighted by Gasteiger charge is -2.01. The van der Waals surface area contributed by atoms with Crippen molar-refractivity contribution in [2.24, 2.45) is 0 Å². The molecular weight excluding hydrogens is 212 g/mol. The largest absolute Gasteiger partial charge is 0.295 e. The molecule has 0 aliphatic carbocycles. The molecule has 0 N–H and O–H groups in total. The minimum Gasteiger partial charge on any atom is -0.295 e. The number of benzene rings is 1. The minimum absolute atomic E-state index is 0.136. The highest BCUT2D eigenvalue weighted by Gasteiger charge is 2.00. The Morgan fingerprint density at radius 3 is 2.79 bits per heavy atom. The van der Waals surface area contributed by atoms with Crippen LogP contribution in [0.3, 0.4) is 0 Å². The third-order valence-corrected chi connectivity index (χ3v) is 3.66. The summed E-state index contributed by atoms with van der Waals surface area (Å²) in [7, 11) is 0. The number of hydrogen-bond donors (Lipinski definition) is 0. The lowest BCUT2D eigenvalue weighted by molar-refractivity contribution is 0.101. The topological polar surface area (TPSA) is 17.1 Å². The summed E-state index contributed by atoms with van der Waals surface area (Å²) in [6, 6.07) is 7.82. The van der Waals surface area contributed by atoms with Crippen LogP contribution in [0.1, 0.15) is 17.3 Å². The van der Waals surface area contributed by atoms with Gasteiger partial charge in [0.05, 0.1) is 0 Å². The molecule has 0 heterocycles. The van der Waals surface area contributed by atoms with E-state index in [1.165, 1.54) is 4.90 Å². The Bertz CT molecular complexity index is 310. The van der Waals surface area contributed by atoms with Crippen molar-refractivity contribution in [3.8, 4) is 0 Å². The van der Waals surface area contributed by atoms with Crippen LogP contribution in [0.5, 0.6) is 0 Å².